The number of rotatable bonds is 4. The number of anilines is 1. The Balaban J connectivity index is 2.57. The monoisotopic (exact) mass is 259 g/mol. The first kappa shape index (κ1) is 11.2. The van der Waals surface area contributed by atoms with Crippen molar-refractivity contribution in [3.05, 3.63) is 28.5 Å². The zero-order chi connectivity index (χ0) is 10.6. The van der Waals surface area contributed by atoms with Crippen LogP contribution < -0.4 is 5.32 Å². The van der Waals surface area contributed by atoms with Gasteiger partial charge in [0.2, 0.25) is 0 Å². The molecule has 0 amide bonds. The highest BCUT2D eigenvalue weighted by atomic mass is 79.9. The molecule has 0 fully saturated rings. The fourth-order valence-electron chi connectivity index (χ4n) is 1.01. The summed E-state index contributed by atoms with van der Waals surface area (Å²) in [6, 6.07) is 4.65. The lowest BCUT2D eigenvalue weighted by atomic mass is 10.2. The molecular weight excluding hydrogens is 249 g/mol. The number of hydrogen-bond acceptors (Lipinski definition) is 2. The minimum Gasteiger partial charge on any atom is -0.382 e. The third-order valence-electron chi connectivity index (χ3n) is 1.72. The van der Waals surface area contributed by atoms with Gasteiger partial charge in [-0.25, -0.2) is 4.39 Å². The molecule has 14 heavy (non-hydrogen) atoms. The first-order chi connectivity index (χ1) is 6.59. The molecule has 0 aliphatic carbocycles. The fraction of sp³-hybridized carbons (Fsp3) is 0.300. The van der Waals surface area contributed by atoms with Crippen LogP contribution in [-0.2, 0) is 4.79 Å². The fourth-order valence-corrected chi connectivity index (χ4v) is 1.37. The van der Waals surface area contributed by atoms with Crippen LogP contribution in [0, 0.1) is 5.82 Å². The number of benzene rings is 1. The molecule has 1 aromatic carbocycles. The van der Waals surface area contributed by atoms with E-state index in [1.807, 2.05) is 0 Å². The van der Waals surface area contributed by atoms with Gasteiger partial charge in [0.25, 0.3) is 0 Å². The van der Waals surface area contributed by atoms with Crippen molar-refractivity contribution in [1.29, 1.82) is 0 Å². The molecule has 0 atom stereocenters. The van der Waals surface area contributed by atoms with Crippen LogP contribution in [0.5, 0.6) is 0 Å². The Morgan fingerprint density at radius 2 is 2.29 bits per heavy atom. The van der Waals surface area contributed by atoms with Gasteiger partial charge in [-0.1, -0.05) is 15.9 Å². The second kappa shape index (κ2) is 5.10. The van der Waals surface area contributed by atoms with Gasteiger partial charge in [-0.3, -0.25) is 4.79 Å². The molecular formula is C10H11BrFNO. The summed E-state index contributed by atoms with van der Waals surface area (Å²) in [6.07, 6.45) is 0.409. The van der Waals surface area contributed by atoms with Gasteiger partial charge in [0.05, 0.1) is 5.69 Å². The van der Waals surface area contributed by atoms with Crippen LogP contribution in [0.3, 0.4) is 0 Å². The Morgan fingerprint density at radius 3 is 2.93 bits per heavy atom. The average molecular weight is 260 g/mol. The molecule has 0 aliphatic heterocycles. The maximum atomic E-state index is 13.1. The molecule has 0 bridgehead atoms. The molecule has 0 heterocycles. The highest BCUT2D eigenvalue weighted by molar-refractivity contribution is 9.10. The van der Waals surface area contributed by atoms with Crippen LogP contribution in [0.15, 0.2) is 22.7 Å². The standard InChI is InChI=1S/C10H11BrFNO/c1-7(14)4-5-13-10-6-8(11)2-3-9(10)12/h2-3,6,13H,4-5H2,1H3. The van der Waals surface area contributed by atoms with Crippen molar-refractivity contribution < 1.29 is 9.18 Å². The molecule has 0 aliphatic rings. The number of Topliss-reactive ketones (excluding diaryl/α,β-unsaturated/α-hetero) is 1. The van der Waals surface area contributed by atoms with E-state index in [0.29, 0.717) is 18.7 Å². The van der Waals surface area contributed by atoms with Gasteiger partial charge in [0, 0.05) is 17.4 Å². The third-order valence-corrected chi connectivity index (χ3v) is 2.21. The average Bonchev–Trinajstić information content (AvgIpc) is 2.10. The molecule has 0 aromatic heterocycles. The SMILES string of the molecule is CC(=O)CCNc1cc(Br)ccc1F. The number of hydrogen-bond donors (Lipinski definition) is 1. The van der Waals surface area contributed by atoms with E-state index < -0.39 is 0 Å². The Hall–Kier alpha value is -0.900. The summed E-state index contributed by atoms with van der Waals surface area (Å²) in [5, 5.41) is 2.86. The van der Waals surface area contributed by atoms with Gasteiger partial charge in [0.15, 0.2) is 0 Å². The summed E-state index contributed by atoms with van der Waals surface area (Å²) in [5.41, 5.74) is 0.417. The van der Waals surface area contributed by atoms with Crippen molar-refractivity contribution in [2.75, 3.05) is 11.9 Å². The first-order valence-electron chi connectivity index (χ1n) is 4.28. The van der Waals surface area contributed by atoms with Crippen LogP contribution in [0.4, 0.5) is 10.1 Å². The van der Waals surface area contributed by atoms with E-state index >= 15 is 0 Å². The summed E-state index contributed by atoms with van der Waals surface area (Å²) >= 11 is 3.24. The number of ketones is 1. The van der Waals surface area contributed by atoms with E-state index in [2.05, 4.69) is 21.2 Å². The zero-order valence-corrected chi connectivity index (χ0v) is 9.40. The number of carbonyl (C=O) groups excluding carboxylic acids is 1. The molecule has 1 rings (SSSR count). The topological polar surface area (TPSA) is 29.1 Å². The Morgan fingerprint density at radius 1 is 1.57 bits per heavy atom. The minimum absolute atomic E-state index is 0.0907. The first-order valence-corrected chi connectivity index (χ1v) is 5.07. The molecule has 1 aromatic rings. The Bertz CT molecular complexity index is 341. The molecule has 0 unspecified atom stereocenters. The lowest BCUT2D eigenvalue weighted by molar-refractivity contribution is -0.116. The maximum Gasteiger partial charge on any atom is 0.146 e. The molecule has 76 valence electrons. The van der Waals surface area contributed by atoms with Crippen LogP contribution in [0.2, 0.25) is 0 Å². The highest BCUT2D eigenvalue weighted by Gasteiger charge is 2.01. The number of nitrogens with one attached hydrogen (secondary N) is 1. The van der Waals surface area contributed by atoms with Crippen molar-refractivity contribution in [2.24, 2.45) is 0 Å². The predicted octanol–water partition coefficient (Wildman–Crippen LogP) is 2.98. The van der Waals surface area contributed by atoms with Crippen molar-refractivity contribution in [2.45, 2.75) is 13.3 Å². The zero-order valence-electron chi connectivity index (χ0n) is 7.81. The molecule has 1 N–H and O–H groups in total. The van der Waals surface area contributed by atoms with E-state index in [4.69, 9.17) is 0 Å². The smallest absolute Gasteiger partial charge is 0.146 e. The van der Waals surface area contributed by atoms with Gasteiger partial charge in [0.1, 0.15) is 11.6 Å². The Kier molecular flexibility index (Phi) is 4.07. The summed E-state index contributed by atoms with van der Waals surface area (Å²) < 4.78 is 13.9. The molecule has 0 saturated heterocycles. The van der Waals surface area contributed by atoms with Gasteiger partial charge >= 0.3 is 0 Å². The Labute approximate surface area is 90.6 Å². The van der Waals surface area contributed by atoms with Crippen molar-refractivity contribution in [1.82, 2.24) is 0 Å². The minimum atomic E-state index is -0.309. The third kappa shape index (κ3) is 3.46. The highest BCUT2D eigenvalue weighted by Crippen LogP contribution is 2.19. The lowest BCUT2D eigenvalue weighted by Gasteiger charge is -2.06. The van der Waals surface area contributed by atoms with E-state index in [1.165, 1.54) is 13.0 Å². The van der Waals surface area contributed by atoms with E-state index in [1.54, 1.807) is 12.1 Å². The van der Waals surface area contributed by atoms with Crippen molar-refractivity contribution >= 4 is 27.4 Å². The number of halogens is 2. The molecule has 0 saturated carbocycles. The second-order valence-corrected chi connectivity index (χ2v) is 3.92. The summed E-state index contributed by atoms with van der Waals surface area (Å²) in [5.74, 6) is -0.218. The van der Waals surface area contributed by atoms with Gasteiger partial charge in [-0.2, -0.15) is 0 Å². The van der Waals surface area contributed by atoms with Crippen LogP contribution in [-0.4, -0.2) is 12.3 Å². The van der Waals surface area contributed by atoms with Crippen LogP contribution >= 0.6 is 15.9 Å². The summed E-state index contributed by atoms with van der Waals surface area (Å²) in [7, 11) is 0. The van der Waals surface area contributed by atoms with Gasteiger partial charge in [-0.05, 0) is 25.1 Å². The van der Waals surface area contributed by atoms with E-state index in [9.17, 15) is 9.18 Å². The number of carbonyl (C=O) groups is 1. The van der Waals surface area contributed by atoms with E-state index in [-0.39, 0.29) is 11.6 Å². The lowest BCUT2D eigenvalue weighted by Crippen LogP contribution is -2.06. The predicted molar refractivity (Wildman–Crippen MR) is 57.9 cm³/mol. The van der Waals surface area contributed by atoms with Crippen molar-refractivity contribution in [3.63, 3.8) is 0 Å². The quantitative estimate of drug-likeness (QED) is 0.901. The summed E-state index contributed by atoms with van der Waals surface area (Å²) in [6.45, 7) is 1.97. The van der Waals surface area contributed by atoms with Gasteiger partial charge in [-0.15, -0.1) is 0 Å². The van der Waals surface area contributed by atoms with Crippen molar-refractivity contribution in [3.8, 4) is 0 Å². The molecule has 4 heteroatoms. The van der Waals surface area contributed by atoms with Crippen LogP contribution in [0.25, 0.3) is 0 Å². The van der Waals surface area contributed by atoms with E-state index in [0.717, 1.165) is 4.47 Å². The summed E-state index contributed by atoms with van der Waals surface area (Å²) in [4.78, 5) is 10.6. The normalized spacial score (nSPS) is 9.93. The van der Waals surface area contributed by atoms with Crippen LogP contribution in [0.1, 0.15) is 13.3 Å². The molecule has 0 radical (unpaired) electrons. The maximum absolute atomic E-state index is 13.1. The molecule has 2 nitrogen and oxygen atoms in total. The second-order valence-electron chi connectivity index (χ2n) is 3.00. The largest absolute Gasteiger partial charge is 0.382 e. The van der Waals surface area contributed by atoms with Gasteiger partial charge < -0.3 is 5.32 Å². The molecule has 0 spiro atoms.